The number of nitrogens with two attached hydrogens (primary N) is 1. The van der Waals surface area contributed by atoms with Crippen molar-refractivity contribution in [1.82, 2.24) is 10.6 Å². The van der Waals surface area contributed by atoms with Gasteiger partial charge >= 0.3 is 0 Å². The van der Waals surface area contributed by atoms with E-state index in [1.54, 1.807) is 19.1 Å². The van der Waals surface area contributed by atoms with Gasteiger partial charge in [0.1, 0.15) is 6.04 Å². The summed E-state index contributed by atoms with van der Waals surface area (Å²) in [5.74, 6) is -0.301. The van der Waals surface area contributed by atoms with Crippen LogP contribution in [0.3, 0.4) is 0 Å². The molecule has 0 bridgehead atoms. The van der Waals surface area contributed by atoms with E-state index in [1.165, 1.54) is 0 Å². The van der Waals surface area contributed by atoms with E-state index in [-0.39, 0.29) is 11.8 Å². The summed E-state index contributed by atoms with van der Waals surface area (Å²) in [4.78, 5) is 24.3. The molecule has 4 N–H and O–H groups in total. The van der Waals surface area contributed by atoms with Crippen molar-refractivity contribution in [3.8, 4) is 0 Å². The van der Waals surface area contributed by atoms with Gasteiger partial charge in [0.05, 0.1) is 5.41 Å². The standard InChI is InChI=1S/C16H23N3O2/c1-10(14(20)19-13-8-9-13)18-15(21)16(2,3)11-4-6-12(17)7-5-11/h4-7,10,13H,8-9,17H2,1-3H3,(H,18,21)(H,19,20). The second-order valence-electron chi connectivity index (χ2n) is 6.23. The lowest BCUT2D eigenvalue weighted by Gasteiger charge is -2.26. The fourth-order valence-electron chi connectivity index (χ4n) is 2.03. The highest BCUT2D eigenvalue weighted by atomic mass is 16.2. The molecule has 0 aliphatic heterocycles. The summed E-state index contributed by atoms with van der Waals surface area (Å²) < 4.78 is 0. The smallest absolute Gasteiger partial charge is 0.242 e. The molecule has 0 heterocycles. The Hall–Kier alpha value is -2.04. The minimum absolute atomic E-state index is 0.126. The summed E-state index contributed by atoms with van der Waals surface area (Å²) in [6.45, 7) is 5.37. The minimum atomic E-state index is -0.720. The average Bonchev–Trinajstić information content (AvgIpc) is 3.22. The minimum Gasteiger partial charge on any atom is -0.399 e. The molecule has 1 fully saturated rings. The molecule has 2 rings (SSSR count). The molecule has 1 unspecified atom stereocenters. The molecule has 1 atom stereocenters. The number of anilines is 1. The first-order valence-electron chi connectivity index (χ1n) is 7.28. The Morgan fingerprint density at radius 3 is 2.33 bits per heavy atom. The van der Waals surface area contributed by atoms with E-state index in [1.807, 2.05) is 26.0 Å². The number of nitrogens with one attached hydrogen (secondary N) is 2. The molecular formula is C16H23N3O2. The highest BCUT2D eigenvalue weighted by Crippen LogP contribution is 2.24. The lowest BCUT2D eigenvalue weighted by atomic mass is 9.83. The maximum Gasteiger partial charge on any atom is 0.242 e. The molecule has 1 aromatic carbocycles. The van der Waals surface area contributed by atoms with Crippen LogP contribution in [0.15, 0.2) is 24.3 Å². The van der Waals surface area contributed by atoms with Gasteiger partial charge in [0.2, 0.25) is 11.8 Å². The zero-order valence-electron chi connectivity index (χ0n) is 12.8. The molecular weight excluding hydrogens is 266 g/mol. The maximum absolute atomic E-state index is 12.4. The van der Waals surface area contributed by atoms with Crippen LogP contribution in [-0.4, -0.2) is 23.9 Å². The summed E-state index contributed by atoms with van der Waals surface area (Å²) in [5, 5.41) is 5.67. The van der Waals surface area contributed by atoms with Crippen molar-refractivity contribution in [2.75, 3.05) is 5.73 Å². The van der Waals surface area contributed by atoms with Gasteiger partial charge in [0, 0.05) is 11.7 Å². The number of benzene rings is 1. The molecule has 1 aliphatic rings. The van der Waals surface area contributed by atoms with Crippen LogP contribution in [0.2, 0.25) is 0 Å². The average molecular weight is 289 g/mol. The predicted molar refractivity (Wildman–Crippen MR) is 82.6 cm³/mol. The van der Waals surface area contributed by atoms with Gasteiger partial charge in [-0.2, -0.15) is 0 Å². The lowest BCUT2D eigenvalue weighted by Crippen LogP contribution is -2.50. The molecule has 1 aromatic rings. The monoisotopic (exact) mass is 289 g/mol. The molecule has 1 aliphatic carbocycles. The first kappa shape index (κ1) is 15.4. The largest absolute Gasteiger partial charge is 0.399 e. The molecule has 0 radical (unpaired) electrons. The SMILES string of the molecule is CC(NC(=O)C(C)(C)c1ccc(N)cc1)C(=O)NC1CC1. The summed E-state index contributed by atoms with van der Waals surface area (Å²) in [5.41, 5.74) is 6.47. The second-order valence-corrected chi connectivity index (χ2v) is 6.23. The van der Waals surface area contributed by atoms with Gasteiger partial charge in [0.25, 0.3) is 0 Å². The van der Waals surface area contributed by atoms with Crippen molar-refractivity contribution >= 4 is 17.5 Å². The third-order valence-corrected chi connectivity index (χ3v) is 3.86. The van der Waals surface area contributed by atoms with E-state index >= 15 is 0 Å². The lowest BCUT2D eigenvalue weighted by molar-refractivity contribution is -0.131. The Kier molecular flexibility index (Phi) is 4.21. The third kappa shape index (κ3) is 3.74. The summed E-state index contributed by atoms with van der Waals surface area (Å²) in [7, 11) is 0. The third-order valence-electron chi connectivity index (χ3n) is 3.86. The number of carbonyl (C=O) groups excluding carboxylic acids is 2. The summed E-state index contributed by atoms with van der Waals surface area (Å²) in [6, 6.07) is 6.97. The van der Waals surface area contributed by atoms with Crippen LogP contribution in [0.25, 0.3) is 0 Å². The van der Waals surface area contributed by atoms with Crippen LogP contribution >= 0.6 is 0 Å². The van der Waals surface area contributed by atoms with E-state index in [4.69, 9.17) is 5.73 Å². The number of nitrogen functional groups attached to an aromatic ring is 1. The van der Waals surface area contributed by atoms with Gasteiger partial charge in [0.15, 0.2) is 0 Å². The van der Waals surface area contributed by atoms with Crippen LogP contribution in [0.5, 0.6) is 0 Å². The zero-order valence-corrected chi connectivity index (χ0v) is 12.8. The number of hydrogen-bond acceptors (Lipinski definition) is 3. The van der Waals surface area contributed by atoms with E-state index in [2.05, 4.69) is 10.6 Å². The van der Waals surface area contributed by atoms with Crippen molar-refractivity contribution in [2.24, 2.45) is 0 Å². The number of rotatable bonds is 5. The van der Waals surface area contributed by atoms with Crippen molar-refractivity contribution in [3.63, 3.8) is 0 Å². The quantitative estimate of drug-likeness (QED) is 0.715. The van der Waals surface area contributed by atoms with Crippen molar-refractivity contribution in [3.05, 3.63) is 29.8 Å². The van der Waals surface area contributed by atoms with E-state index in [9.17, 15) is 9.59 Å². The molecule has 1 saturated carbocycles. The van der Waals surface area contributed by atoms with Crippen LogP contribution in [0.4, 0.5) is 5.69 Å². The maximum atomic E-state index is 12.4. The van der Waals surface area contributed by atoms with Gasteiger partial charge in [-0.3, -0.25) is 9.59 Å². The van der Waals surface area contributed by atoms with Crippen LogP contribution in [-0.2, 0) is 15.0 Å². The molecule has 0 saturated heterocycles. The first-order chi connectivity index (χ1) is 9.80. The Bertz CT molecular complexity index is 533. The molecule has 0 spiro atoms. The molecule has 114 valence electrons. The van der Waals surface area contributed by atoms with E-state index in [0.29, 0.717) is 11.7 Å². The second kappa shape index (κ2) is 5.76. The Morgan fingerprint density at radius 1 is 1.24 bits per heavy atom. The zero-order chi connectivity index (χ0) is 15.6. The van der Waals surface area contributed by atoms with Gasteiger partial charge in [-0.15, -0.1) is 0 Å². The topological polar surface area (TPSA) is 84.2 Å². The van der Waals surface area contributed by atoms with Crippen LogP contribution < -0.4 is 16.4 Å². The highest BCUT2D eigenvalue weighted by Gasteiger charge is 2.32. The fourth-order valence-corrected chi connectivity index (χ4v) is 2.03. The van der Waals surface area contributed by atoms with Gasteiger partial charge < -0.3 is 16.4 Å². The molecule has 21 heavy (non-hydrogen) atoms. The van der Waals surface area contributed by atoms with Gasteiger partial charge in [-0.25, -0.2) is 0 Å². The highest BCUT2D eigenvalue weighted by molar-refractivity contribution is 5.92. The summed E-state index contributed by atoms with van der Waals surface area (Å²) >= 11 is 0. The Morgan fingerprint density at radius 2 is 1.81 bits per heavy atom. The number of carbonyl (C=O) groups is 2. The van der Waals surface area contributed by atoms with Crippen molar-refractivity contribution < 1.29 is 9.59 Å². The Labute approximate surface area is 125 Å². The molecule has 5 nitrogen and oxygen atoms in total. The number of amides is 2. The van der Waals surface area contributed by atoms with Gasteiger partial charge in [-0.05, 0) is 51.3 Å². The summed E-state index contributed by atoms with van der Waals surface area (Å²) in [6.07, 6.45) is 2.06. The fraction of sp³-hybridized carbons (Fsp3) is 0.500. The van der Waals surface area contributed by atoms with Crippen LogP contribution in [0, 0.1) is 0 Å². The van der Waals surface area contributed by atoms with Crippen molar-refractivity contribution in [1.29, 1.82) is 0 Å². The normalized spacial score (nSPS) is 16.1. The molecule has 2 amide bonds. The Balaban J connectivity index is 2.00. The molecule has 5 heteroatoms. The van der Waals surface area contributed by atoms with E-state index in [0.717, 1.165) is 18.4 Å². The number of hydrogen-bond donors (Lipinski definition) is 3. The predicted octanol–water partition coefficient (Wildman–Crippen LogP) is 1.33. The van der Waals surface area contributed by atoms with Gasteiger partial charge in [-0.1, -0.05) is 12.1 Å². The van der Waals surface area contributed by atoms with E-state index < -0.39 is 11.5 Å². The van der Waals surface area contributed by atoms with Crippen molar-refractivity contribution in [2.45, 2.75) is 51.1 Å². The molecule has 0 aromatic heterocycles. The van der Waals surface area contributed by atoms with Crippen LogP contribution in [0.1, 0.15) is 39.2 Å². The first-order valence-corrected chi connectivity index (χ1v) is 7.28.